The zero-order chi connectivity index (χ0) is 13.9. The van der Waals surface area contributed by atoms with Crippen molar-refractivity contribution in [3.8, 4) is 5.75 Å². The number of amides is 1. The van der Waals surface area contributed by atoms with Gasteiger partial charge in [0.2, 0.25) is 5.91 Å². The molecule has 1 fully saturated rings. The van der Waals surface area contributed by atoms with Crippen molar-refractivity contribution in [3.05, 3.63) is 24.3 Å². The summed E-state index contributed by atoms with van der Waals surface area (Å²) in [7, 11) is 0. The number of anilines is 1. The number of benzene rings is 1. The number of rotatable bonds is 4. The van der Waals surface area contributed by atoms with E-state index in [9.17, 15) is 9.90 Å². The molecule has 0 aromatic heterocycles. The third kappa shape index (κ3) is 2.59. The maximum atomic E-state index is 12.8. The Morgan fingerprint density at radius 1 is 1.42 bits per heavy atom. The Labute approximate surface area is 114 Å². The van der Waals surface area contributed by atoms with Crippen LogP contribution in [0.15, 0.2) is 24.3 Å². The maximum absolute atomic E-state index is 12.8. The maximum Gasteiger partial charge on any atom is 0.234 e. The predicted octanol–water partition coefficient (Wildman–Crippen LogP) is 2.26. The smallest absolute Gasteiger partial charge is 0.234 e. The number of carbonyl (C=O) groups excluding carboxylic acids is 1. The molecule has 3 N–H and O–H groups in total. The molecule has 4 nitrogen and oxygen atoms in total. The molecule has 0 bridgehead atoms. The zero-order valence-electron chi connectivity index (χ0n) is 11.4. The predicted molar refractivity (Wildman–Crippen MR) is 76.1 cm³/mol. The van der Waals surface area contributed by atoms with Crippen LogP contribution < -0.4 is 10.6 Å². The molecule has 1 aliphatic rings. The molecule has 1 aromatic carbocycles. The molecule has 4 heteroatoms. The molecule has 2 rings (SSSR count). The first-order chi connectivity index (χ1) is 9.13. The van der Waals surface area contributed by atoms with Gasteiger partial charge in [-0.15, -0.1) is 0 Å². The Balaban J connectivity index is 2.29. The van der Waals surface area contributed by atoms with Crippen LogP contribution in [0.25, 0.3) is 0 Å². The first kappa shape index (κ1) is 13.9. The van der Waals surface area contributed by atoms with E-state index in [0.717, 1.165) is 31.4 Å². The number of carbonyl (C=O) groups is 1. The van der Waals surface area contributed by atoms with Gasteiger partial charge in [-0.1, -0.05) is 18.9 Å². The zero-order valence-corrected chi connectivity index (χ0v) is 11.4. The van der Waals surface area contributed by atoms with E-state index in [0.29, 0.717) is 13.1 Å². The fourth-order valence-electron chi connectivity index (χ4n) is 2.95. The summed E-state index contributed by atoms with van der Waals surface area (Å²) < 4.78 is 0. The summed E-state index contributed by atoms with van der Waals surface area (Å²) in [6.07, 6.45) is 3.89. The van der Waals surface area contributed by atoms with Crippen LogP contribution in [0.4, 0.5) is 5.69 Å². The second-order valence-corrected chi connectivity index (χ2v) is 5.26. The van der Waals surface area contributed by atoms with Gasteiger partial charge in [-0.25, -0.2) is 0 Å². The standard InChI is InChI=1S/C15H22N2O2/c1-2-17(12-6-5-7-13(18)10-12)14(19)15(11-16)8-3-4-9-15/h5-7,10,18H,2-4,8-9,11,16H2,1H3. The minimum atomic E-state index is -0.401. The Morgan fingerprint density at radius 2 is 2.11 bits per heavy atom. The third-order valence-corrected chi connectivity index (χ3v) is 4.11. The molecular weight excluding hydrogens is 240 g/mol. The van der Waals surface area contributed by atoms with E-state index in [-0.39, 0.29) is 11.7 Å². The van der Waals surface area contributed by atoms with Crippen LogP contribution in [-0.4, -0.2) is 24.1 Å². The molecule has 1 aromatic rings. The Morgan fingerprint density at radius 3 is 2.63 bits per heavy atom. The highest BCUT2D eigenvalue weighted by Gasteiger charge is 2.42. The number of nitrogens with zero attached hydrogens (tertiary/aromatic N) is 1. The van der Waals surface area contributed by atoms with E-state index in [1.165, 1.54) is 0 Å². The average Bonchev–Trinajstić information content (AvgIpc) is 2.89. The number of phenols is 1. The van der Waals surface area contributed by atoms with Gasteiger partial charge >= 0.3 is 0 Å². The van der Waals surface area contributed by atoms with Gasteiger partial charge < -0.3 is 15.7 Å². The van der Waals surface area contributed by atoms with Crippen LogP contribution in [0.3, 0.4) is 0 Å². The van der Waals surface area contributed by atoms with Crippen LogP contribution in [0.1, 0.15) is 32.6 Å². The highest BCUT2D eigenvalue weighted by molar-refractivity contribution is 5.98. The summed E-state index contributed by atoms with van der Waals surface area (Å²) in [6.45, 7) is 2.94. The molecule has 0 aliphatic heterocycles. The fraction of sp³-hybridized carbons (Fsp3) is 0.533. The first-order valence-electron chi connectivity index (χ1n) is 6.94. The molecule has 0 atom stereocenters. The van der Waals surface area contributed by atoms with Crippen LogP contribution in [0.2, 0.25) is 0 Å². The lowest BCUT2D eigenvalue weighted by atomic mass is 9.84. The normalized spacial score (nSPS) is 17.4. The van der Waals surface area contributed by atoms with Crippen molar-refractivity contribution in [1.82, 2.24) is 0 Å². The van der Waals surface area contributed by atoms with Crippen molar-refractivity contribution >= 4 is 11.6 Å². The van der Waals surface area contributed by atoms with Gasteiger partial charge in [0.15, 0.2) is 0 Å². The van der Waals surface area contributed by atoms with Crippen LogP contribution in [0.5, 0.6) is 5.75 Å². The molecule has 0 radical (unpaired) electrons. The van der Waals surface area contributed by atoms with E-state index in [1.807, 2.05) is 13.0 Å². The molecule has 0 spiro atoms. The lowest BCUT2D eigenvalue weighted by Crippen LogP contribution is -2.46. The van der Waals surface area contributed by atoms with Crippen molar-refractivity contribution in [2.45, 2.75) is 32.6 Å². The van der Waals surface area contributed by atoms with E-state index < -0.39 is 5.41 Å². The van der Waals surface area contributed by atoms with Gasteiger partial charge in [0, 0.05) is 24.8 Å². The molecule has 104 valence electrons. The number of nitrogens with two attached hydrogens (primary N) is 1. The van der Waals surface area contributed by atoms with Gasteiger partial charge in [-0.3, -0.25) is 4.79 Å². The second kappa shape index (κ2) is 5.61. The molecule has 0 saturated heterocycles. The van der Waals surface area contributed by atoms with Crippen molar-refractivity contribution in [3.63, 3.8) is 0 Å². The average molecular weight is 262 g/mol. The summed E-state index contributed by atoms with van der Waals surface area (Å²) in [5.41, 5.74) is 6.21. The Kier molecular flexibility index (Phi) is 4.10. The van der Waals surface area contributed by atoms with E-state index in [4.69, 9.17) is 5.73 Å². The van der Waals surface area contributed by atoms with Gasteiger partial charge in [-0.05, 0) is 31.9 Å². The number of phenolic OH excluding ortho intramolecular Hbond substituents is 1. The van der Waals surface area contributed by atoms with Crippen LogP contribution in [-0.2, 0) is 4.79 Å². The van der Waals surface area contributed by atoms with Crippen molar-refractivity contribution in [2.24, 2.45) is 11.1 Å². The summed E-state index contributed by atoms with van der Waals surface area (Å²) in [4.78, 5) is 14.5. The molecule has 1 amide bonds. The Bertz CT molecular complexity index is 453. The minimum Gasteiger partial charge on any atom is -0.508 e. The number of hydrogen-bond donors (Lipinski definition) is 2. The number of hydrogen-bond acceptors (Lipinski definition) is 3. The highest BCUT2D eigenvalue weighted by atomic mass is 16.3. The van der Waals surface area contributed by atoms with Gasteiger partial charge in [-0.2, -0.15) is 0 Å². The summed E-state index contributed by atoms with van der Waals surface area (Å²) in [5.74, 6) is 0.276. The lowest BCUT2D eigenvalue weighted by Gasteiger charge is -2.33. The first-order valence-corrected chi connectivity index (χ1v) is 6.94. The molecule has 1 saturated carbocycles. The van der Waals surface area contributed by atoms with E-state index in [2.05, 4.69) is 0 Å². The van der Waals surface area contributed by atoms with Crippen molar-refractivity contribution in [2.75, 3.05) is 18.0 Å². The minimum absolute atomic E-state index is 0.0978. The largest absolute Gasteiger partial charge is 0.508 e. The van der Waals surface area contributed by atoms with Crippen LogP contribution in [0, 0.1) is 5.41 Å². The quantitative estimate of drug-likeness (QED) is 0.874. The summed E-state index contributed by atoms with van der Waals surface area (Å²) in [6, 6.07) is 6.83. The van der Waals surface area contributed by atoms with E-state index in [1.54, 1.807) is 23.1 Å². The fourth-order valence-corrected chi connectivity index (χ4v) is 2.95. The molecule has 1 aliphatic carbocycles. The lowest BCUT2D eigenvalue weighted by molar-refractivity contribution is -0.127. The topological polar surface area (TPSA) is 66.6 Å². The van der Waals surface area contributed by atoms with Gasteiger partial charge in [0.1, 0.15) is 5.75 Å². The number of aromatic hydroxyl groups is 1. The van der Waals surface area contributed by atoms with E-state index >= 15 is 0 Å². The van der Waals surface area contributed by atoms with Crippen molar-refractivity contribution < 1.29 is 9.90 Å². The molecular formula is C15H22N2O2. The monoisotopic (exact) mass is 262 g/mol. The van der Waals surface area contributed by atoms with Crippen LogP contribution >= 0.6 is 0 Å². The van der Waals surface area contributed by atoms with Gasteiger partial charge in [0.25, 0.3) is 0 Å². The highest BCUT2D eigenvalue weighted by Crippen LogP contribution is 2.40. The molecule has 0 heterocycles. The second-order valence-electron chi connectivity index (χ2n) is 5.26. The summed E-state index contributed by atoms with van der Waals surface area (Å²) in [5, 5.41) is 9.56. The summed E-state index contributed by atoms with van der Waals surface area (Å²) >= 11 is 0. The molecule has 0 unspecified atom stereocenters. The Hall–Kier alpha value is -1.55. The van der Waals surface area contributed by atoms with Crippen molar-refractivity contribution in [1.29, 1.82) is 0 Å². The van der Waals surface area contributed by atoms with Gasteiger partial charge in [0.05, 0.1) is 5.41 Å². The SMILES string of the molecule is CCN(C(=O)C1(CN)CCCC1)c1cccc(O)c1. The molecule has 19 heavy (non-hydrogen) atoms. The third-order valence-electron chi connectivity index (χ3n) is 4.11.